The summed E-state index contributed by atoms with van der Waals surface area (Å²) in [6.07, 6.45) is 4.27. The fraction of sp³-hybridized carbons (Fsp3) is 0.357. The summed E-state index contributed by atoms with van der Waals surface area (Å²) in [4.78, 5) is 13.7. The molecule has 4 nitrogen and oxygen atoms in total. The third-order valence-corrected chi connectivity index (χ3v) is 4.29. The van der Waals surface area contributed by atoms with Gasteiger partial charge in [-0.15, -0.1) is 0 Å². The Balaban J connectivity index is 2.13. The fourth-order valence-corrected chi connectivity index (χ4v) is 2.98. The largest absolute Gasteiger partial charge is 0.372 e. The molecule has 0 spiro atoms. The molecule has 19 heavy (non-hydrogen) atoms. The van der Waals surface area contributed by atoms with Gasteiger partial charge in [0.1, 0.15) is 11.5 Å². The molecule has 2 aromatic rings. The Morgan fingerprint density at radius 2 is 2.11 bits per heavy atom. The lowest BCUT2D eigenvalue weighted by atomic mass is 10.2. The van der Waals surface area contributed by atoms with Gasteiger partial charge in [-0.25, -0.2) is 9.97 Å². The van der Waals surface area contributed by atoms with Gasteiger partial charge in [0.25, 0.3) is 0 Å². The number of rotatable bonds is 3. The molecular formula is C14H15IN4. The molecule has 1 N–H and O–H groups in total. The van der Waals surface area contributed by atoms with Crippen molar-refractivity contribution >= 4 is 28.4 Å². The van der Waals surface area contributed by atoms with Crippen molar-refractivity contribution in [2.75, 3.05) is 12.4 Å². The Hall–Kier alpha value is -1.24. The first-order valence-corrected chi connectivity index (χ1v) is 7.45. The standard InChI is InChI=1S/C14H15IN4/c1-8-5-6-17-10(7-8)13-18-12(9-3-4-9)11(15)14(16-2)19-13/h5-7,9H,3-4H2,1-2H3,(H,16,18,19). The second-order valence-corrected chi connectivity index (χ2v) is 5.92. The average molecular weight is 366 g/mol. The van der Waals surface area contributed by atoms with Crippen LogP contribution in [-0.2, 0) is 0 Å². The lowest BCUT2D eigenvalue weighted by Crippen LogP contribution is -2.05. The van der Waals surface area contributed by atoms with Crippen LogP contribution in [0.3, 0.4) is 0 Å². The van der Waals surface area contributed by atoms with Crippen LogP contribution in [0.1, 0.15) is 30.0 Å². The van der Waals surface area contributed by atoms with E-state index in [0.29, 0.717) is 5.92 Å². The molecule has 1 aliphatic rings. The van der Waals surface area contributed by atoms with E-state index in [1.165, 1.54) is 24.1 Å². The molecule has 0 saturated heterocycles. The van der Waals surface area contributed by atoms with Gasteiger partial charge >= 0.3 is 0 Å². The van der Waals surface area contributed by atoms with E-state index in [0.717, 1.165) is 20.9 Å². The van der Waals surface area contributed by atoms with Crippen molar-refractivity contribution in [1.82, 2.24) is 15.0 Å². The van der Waals surface area contributed by atoms with Crippen molar-refractivity contribution < 1.29 is 0 Å². The molecule has 2 heterocycles. The molecule has 0 unspecified atom stereocenters. The van der Waals surface area contributed by atoms with Gasteiger partial charge in [0.15, 0.2) is 5.82 Å². The van der Waals surface area contributed by atoms with Crippen LogP contribution < -0.4 is 5.32 Å². The van der Waals surface area contributed by atoms with Gasteiger partial charge in [0.05, 0.1) is 9.26 Å². The Bertz CT molecular complexity index is 623. The number of pyridine rings is 1. The Kier molecular flexibility index (Phi) is 3.38. The van der Waals surface area contributed by atoms with Crippen molar-refractivity contribution in [3.63, 3.8) is 0 Å². The van der Waals surface area contributed by atoms with Gasteiger partial charge in [0, 0.05) is 19.2 Å². The van der Waals surface area contributed by atoms with Gasteiger partial charge in [-0.05, 0) is 60.1 Å². The minimum atomic E-state index is 0.602. The third kappa shape index (κ3) is 2.56. The van der Waals surface area contributed by atoms with Crippen LogP contribution in [0.5, 0.6) is 0 Å². The molecule has 0 amide bonds. The topological polar surface area (TPSA) is 50.7 Å². The normalized spacial score (nSPS) is 14.5. The monoisotopic (exact) mass is 366 g/mol. The molecule has 0 aliphatic heterocycles. The SMILES string of the molecule is CNc1nc(-c2cc(C)ccn2)nc(C2CC2)c1I. The molecule has 1 saturated carbocycles. The van der Waals surface area contributed by atoms with Crippen LogP contribution in [-0.4, -0.2) is 22.0 Å². The molecule has 98 valence electrons. The lowest BCUT2D eigenvalue weighted by Gasteiger charge is -2.10. The van der Waals surface area contributed by atoms with Gasteiger partial charge < -0.3 is 5.32 Å². The van der Waals surface area contributed by atoms with Crippen LogP contribution in [0, 0.1) is 10.5 Å². The smallest absolute Gasteiger partial charge is 0.180 e. The molecule has 2 aromatic heterocycles. The molecule has 0 atom stereocenters. The van der Waals surface area contributed by atoms with Crippen molar-refractivity contribution in [3.8, 4) is 11.5 Å². The van der Waals surface area contributed by atoms with Crippen molar-refractivity contribution in [2.45, 2.75) is 25.7 Å². The average Bonchev–Trinajstić information content (AvgIpc) is 3.23. The molecule has 1 fully saturated rings. The van der Waals surface area contributed by atoms with Crippen molar-refractivity contribution in [1.29, 1.82) is 0 Å². The zero-order valence-corrected chi connectivity index (χ0v) is 13.1. The van der Waals surface area contributed by atoms with Crippen LogP contribution in [0.2, 0.25) is 0 Å². The first-order chi connectivity index (χ1) is 9.19. The Labute approximate surface area is 126 Å². The lowest BCUT2D eigenvalue weighted by molar-refractivity contribution is 0.972. The van der Waals surface area contributed by atoms with E-state index < -0.39 is 0 Å². The summed E-state index contributed by atoms with van der Waals surface area (Å²) in [6.45, 7) is 2.05. The highest BCUT2D eigenvalue weighted by Gasteiger charge is 2.29. The summed E-state index contributed by atoms with van der Waals surface area (Å²) < 4.78 is 1.14. The number of nitrogens with one attached hydrogen (secondary N) is 1. The van der Waals surface area contributed by atoms with E-state index in [4.69, 9.17) is 4.98 Å². The van der Waals surface area contributed by atoms with Crippen LogP contribution in [0.4, 0.5) is 5.82 Å². The third-order valence-electron chi connectivity index (χ3n) is 3.22. The first kappa shape index (κ1) is 12.8. The second-order valence-electron chi connectivity index (χ2n) is 4.84. The highest BCUT2D eigenvalue weighted by molar-refractivity contribution is 14.1. The number of aryl methyl sites for hydroxylation is 1. The molecule has 5 heteroatoms. The van der Waals surface area contributed by atoms with E-state index in [1.807, 2.05) is 25.4 Å². The predicted molar refractivity (Wildman–Crippen MR) is 84.2 cm³/mol. The number of halogens is 1. The van der Waals surface area contributed by atoms with E-state index in [2.05, 4.69) is 44.8 Å². The summed E-state index contributed by atoms with van der Waals surface area (Å²) >= 11 is 2.33. The van der Waals surface area contributed by atoms with E-state index in [-0.39, 0.29) is 0 Å². The highest BCUT2D eigenvalue weighted by atomic mass is 127. The maximum absolute atomic E-state index is 4.73. The molecular weight excluding hydrogens is 351 g/mol. The van der Waals surface area contributed by atoms with Crippen LogP contribution in [0.25, 0.3) is 11.5 Å². The summed E-state index contributed by atoms with van der Waals surface area (Å²) in [5.74, 6) is 2.22. The maximum atomic E-state index is 4.73. The molecule has 0 bridgehead atoms. The summed E-state index contributed by atoms with van der Waals surface area (Å²) in [7, 11) is 1.90. The fourth-order valence-electron chi connectivity index (χ4n) is 2.03. The number of aromatic nitrogens is 3. The summed E-state index contributed by atoms with van der Waals surface area (Å²) in [6, 6.07) is 4.01. The van der Waals surface area contributed by atoms with E-state index in [9.17, 15) is 0 Å². The van der Waals surface area contributed by atoms with Gasteiger partial charge in [-0.1, -0.05) is 0 Å². The second kappa shape index (κ2) is 5.03. The van der Waals surface area contributed by atoms with Gasteiger partial charge in [0.2, 0.25) is 0 Å². The maximum Gasteiger partial charge on any atom is 0.180 e. The molecule has 1 aliphatic carbocycles. The van der Waals surface area contributed by atoms with E-state index in [1.54, 1.807) is 0 Å². The zero-order valence-electron chi connectivity index (χ0n) is 10.9. The first-order valence-electron chi connectivity index (χ1n) is 6.37. The number of hydrogen-bond acceptors (Lipinski definition) is 4. The van der Waals surface area contributed by atoms with Crippen molar-refractivity contribution in [2.24, 2.45) is 0 Å². The van der Waals surface area contributed by atoms with Gasteiger partial charge in [-0.3, -0.25) is 4.98 Å². The zero-order chi connectivity index (χ0) is 13.4. The summed E-state index contributed by atoms with van der Waals surface area (Å²) in [5, 5.41) is 3.16. The minimum Gasteiger partial charge on any atom is -0.372 e. The molecule has 3 rings (SSSR count). The molecule has 0 radical (unpaired) electrons. The summed E-state index contributed by atoms with van der Waals surface area (Å²) in [5.41, 5.74) is 3.18. The quantitative estimate of drug-likeness (QED) is 0.847. The Morgan fingerprint density at radius 3 is 2.74 bits per heavy atom. The predicted octanol–water partition coefficient (Wildman–Crippen LogP) is 3.37. The van der Waals surface area contributed by atoms with Crippen LogP contribution >= 0.6 is 22.6 Å². The van der Waals surface area contributed by atoms with Gasteiger partial charge in [-0.2, -0.15) is 0 Å². The number of nitrogens with zero attached hydrogens (tertiary/aromatic N) is 3. The van der Waals surface area contributed by atoms with Crippen molar-refractivity contribution in [3.05, 3.63) is 33.2 Å². The number of hydrogen-bond donors (Lipinski definition) is 1. The number of anilines is 1. The highest BCUT2D eigenvalue weighted by Crippen LogP contribution is 2.42. The minimum absolute atomic E-state index is 0.602. The van der Waals surface area contributed by atoms with Crippen LogP contribution in [0.15, 0.2) is 18.3 Å². The molecule has 0 aromatic carbocycles. The van der Waals surface area contributed by atoms with E-state index >= 15 is 0 Å². The Morgan fingerprint density at radius 1 is 1.32 bits per heavy atom.